The second-order valence-corrected chi connectivity index (χ2v) is 5.29. The van der Waals surface area contributed by atoms with Crippen LogP contribution in [-0.2, 0) is 0 Å². The van der Waals surface area contributed by atoms with Gasteiger partial charge in [-0.1, -0.05) is 0 Å². The number of nitrogens with zero attached hydrogens (tertiary/aromatic N) is 1. The Morgan fingerprint density at radius 1 is 1.50 bits per heavy atom. The van der Waals surface area contributed by atoms with Gasteiger partial charge < -0.3 is 16.4 Å². The third-order valence-corrected chi connectivity index (χ3v) is 3.73. The lowest BCUT2D eigenvalue weighted by Gasteiger charge is -2.22. The van der Waals surface area contributed by atoms with Crippen LogP contribution in [0.5, 0.6) is 0 Å². The monoisotopic (exact) mass is 328 g/mol. The van der Waals surface area contributed by atoms with Crippen LogP contribution < -0.4 is 16.4 Å². The Morgan fingerprint density at radius 3 is 2.91 bits per heavy atom. The minimum atomic E-state index is -0.584. The molecule has 0 saturated carbocycles. The van der Waals surface area contributed by atoms with E-state index in [1.54, 1.807) is 0 Å². The van der Waals surface area contributed by atoms with Crippen LogP contribution in [0.15, 0.2) is 18.2 Å². The van der Waals surface area contributed by atoms with Gasteiger partial charge in [-0.05, 0) is 50.4 Å². The average molecular weight is 329 g/mol. The van der Waals surface area contributed by atoms with Crippen molar-refractivity contribution >= 4 is 29.7 Å². The van der Waals surface area contributed by atoms with Gasteiger partial charge >= 0.3 is 0 Å². The number of amides is 1. The summed E-state index contributed by atoms with van der Waals surface area (Å²) < 4.78 is 0. The summed E-state index contributed by atoms with van der Waals surface area (Å²) in [5.41, 5.74) is 5.59. The van der Waals surface area contributed by atoms with Gasteiger partial charge in [-0.2, -0.15) is 0 Å². The molecule has 0 aliphatic carbocycles. The number of hydrogen-bond donors (Lipinski definition) is 3. The van der Waals surface area contributed by atoms with Crippen molar-refractivity contribution in [2.45, 2.75) is 19.3 Å². The van der Waals surface area contributed by atoms with E-state index in [4.69, 9.17) is 5.73 Å². The lowest BCUT2D eigenvalue weighted by atomic mass is 9.96. The number of benzene rings is 1. The van der Waals surface area contributed by atoms with Crippen molar-refractivity contribution in [1.82, 2.24) is 10.6 Å². The predicted molar refractivity (Wildman–Crippen MR) is 87.3 cm³/mol. The number of carbonyl (C=O) groups is 1. The first-order valence-electron chi connectivity index (χ1n) is 7.10. The molecule has 1 aliphatic heterocycles. The molecule has 7 nitrogen and oxygen atoms in total. The summed E-state index contributed by atoms with van der Waals surface area (Å²) in [6.45, 7) is 2.63. The summed E-state index contributed by atoms with van der Waals surface area (Å²) in [7, 11) is 0. The summed E-state index contributed by atoms with van der Waals surface area (Å²) in [5.74, 6) is 0.279. The van der Waals surface area contributed by atoms with Crippen molar-refractivity contribution in [3.8, 4) is 0 Å². The Kier molecular flexibility index (Phi) is 7.07. The molecule has 122 valence electrons. The van der Waals surface area contributed by atoms with Crippen LogP contribution in [-0.4, -0.2) is 30.5 Å². The third kappa shape index (κ3) is 4.85. The quantitative estimate of drug-likeness (QED) is 0.433. The summed E-state index contributed by atoms with van der Waals surface area (Å²) in [4.78, 5) is 22.2. The fraction of sp³-hybridized carbons (Fsp3) is 0.500. The topological polar surface area (TPSA) is 110 Å². The molecule has 0 aromatic heterocycles. The highest BCUT2D eigenvalue weighted by Crippen LogP contribution is 2.22. The van der Waals surface area contributed by atoms with Gasteiger partial charge in [-0.25, -0.2) is 0 Å². The number of anilines is 1. The van der Waals surface area contributed by atoms with E-state index < -0.39 is 4.92 Å². The minimum absolute atomic E-state index is 0. The Morgan fingerprint density at radius 2 is 2.27 bits per heavy atom. The number of piperidine rings is 1. The lowest BCUT2D eigenvalue weighted by molar-refractivity contribution is -0.383. The summed E-state index contributed by atoms with van der Waals surface area (Å²) in [6, 6.07) is 4.10. The summed E-state index contributed by atoms with van der Waals surface area (Å²) in [6.07, 6.45) is 3.26. The molecule has 2 rings (SSSR count). The van der Waals surface area contributed by atoms with Crippen LogP contribution in [0, 0.1) is 16.0 Å². The first kappa shape index (κ1) is 18.2. The van der Waals surface area contributed by atoms with E-state index in [9.17, 15) is 14.9 Å². The van der Waals surface area contributed by atoms with Gasteiger partial charge in [0, 0.05) is 18.2 Å². The number of nitrogens with two attached hydrogens (primary N) is 1. The van der Waals surface area contributed by atoms with Gasteiger partial charge in [0.1, 0.15) is 5.69 Å². The summed E-state index contributed by atoms with van der Waals surface area (Å²) in [5, 5.41) is 16.9. The van der Waals surface area contributed by atoms with Crippen molar-refractivity contribution in [3.05, 3.63) is 33.9 Å². The van der Waals surface area contributed by atoms with E-state index in [0.29, 0.717) is 12.5 Å². The van der Waals surface area contributed by atoms with Gasteiger partial charge in [0.05, 0.1) is 4.92 Å². The highest BCUT2D eigenvalue weighted by molar-refractivity contribution is 5.95. The van der Waals surface area contributed by atoms with Crippen molar-refractivity contribution < 1.29 is 9.72 Å². The molecule has 1 amide bonds. The third-order valence-electron chi connectivity index (χ3n) is 3.73. The second-order valence-electron chi connectivity index (χ2n) is 5.29. The standard InChI is InChI=1S/C14H20N4O3.ClH/c15-12-4-3-11(8-13(12)18(20)21)14(19)17-7-5-10-2-1-6-16-9-10;/h3-4,8,10,16H,1-2,5-7,9,15H2,(H,17,19);1H. The molecule has 8 heteroatoms. The maximum Gasteiger partial charge on any atom is 0.292 e. The molecule has 1 saturated heterocycles. The number of carbonyl (C=O) groups excluding carboxylic acids is 1. The Hall–Kier alpha value is -1.86. The lowest BCUT2D eigenvalue weighted by Crippen LogP contribution is -2.33. The Bertz CT molecular complexity index is 533. The number of nitrogens with one attached hydrogen (secondary N) is 2. The molecule has 0 radical (unpaired) electrons. The van der Waals surface area contributed by atoms with E-state index in [1.165, 1.54) is 31.0 Å². The second kappa shape index (κ2) is 8.55. The van der Waals surface area contributed by atoms with Crippen molar-refractivity contribution in [2.24, 2.45) is 5.92 Å². The number of rotatable bonds is 5. The number of nitro benzene ring substituents is 1. The van der Waals surface area contributed by atoms with E-state index in [1.807, 2.05) is 0 Å². The van der Waals surface area contributed by atoms with Crippen molar-refractivity contribution in [1.29, 1.82) is 0 Å². The molecule has 1 heterocycles. The van der Waals surface area contributed by atoms with Gasteiger partial charge in [0.25, 0.3) is 11.6 Å². The van der Waals surface area contributed by atoms with E-state index in [-0.39, 0.29) is 35.3 Å². The fourth-order valence-electron chi connectivity index (χ4n) is 2.51. The molecule has 1 atom stereocenters. The van der Waals surface area contributed by atoms with E-state index in [2.05, 4.69) is 10.6 Å². The van der Waals surface area contributed by atoms with Crippen LogP contribution in [0.4, 0.5) is 11.4 Å². The van der Waals surface area contributed by atoms with Crippen molar-refractivity contribution in [3.63, 3.8) is 0 Å². The van der Waals surface area contributed by atoms with E-state index in [0.717, 1.165) is 19.5 Å². The molecular weight excluding hydrogens is 308 g/mol. The molecule has 0 spiro atoms. The highest BCUT2D eigenvalue weighted by atomic mass is 35.5. The Balaban J connectivity index is 0.00000242. The molecule has 1 fully saturated rings. The van der Waals surface area contributed by atoms with Crippen LogP contribution in [0.3, 0.4) is 0 Å². The number of nitrogen functional groups attached to an aromatic ring is 1. The zero-order valence-corrected chi connectivity index (χ0v) is 13.0. The zero-order valence-electron chi connectivity index (χ0n) is 12.2. The van der Waals surface area contributed by atoms with Crippen LogP contribution in [0.1, 0.15) is 29.6 Å². The first-order valence-corrected chi connectivity index (χ1v) is 7.10. The van der Waals surface area contributed by atoms with Crippen LogP contribution in [0.2, 0.25) is 0 Å². The average Bonchev–Trinajstić information content (AvgIpc) is 2.48. The normalized spacial score (nSPS) is 17.4. The smallest absolute Gasteiger partial charge is 0.292 e. The molecule has 0 bridgehead atoms. The molecule has 1 aliphatic rings. The molecular formula is C14H21ClN4O3. The van der Waals surface area contributed by atoms with Gasteiger partial charge in [-0.15, -0.1) is 12.4 Å². The maximum absolute atomic E-state index is 12.0. The first-order chi connectivity index (χ1) is 10.1. The zero-order chi connectivity index (χ0) is 15.2. The number of hydrogen-bond acceptors (Lipinski definition) is 5. The highest BCUT2D eigenvalue weighted by Gasteiger charge is 2.16. The maximum atomic E-state index is 12.0. The Labute approximate surface area is 135 Å². The minimum Gasteiger partial charge on any atom is -0.393 e. The predicted octanol–water partition coefficient (Wildman–Crippen LogP) is 1.72. The fourth-order valence-corrected chi connectivity index (χ4v) is 2.51. The molecule has 1 aromatic rings. The van der Waals surface area contributed by atoms with E-state index >= 15 is 0 Å². The van der Waals surface area contributed by atoms with Gasteiger partial charge in [0.2, 0.25) is 0 Å². The van der Waals surface area contributed by atoms with Crippen LogP contribution in [0.25, 0.3) is 0 Å². The van der Waals surface area contributed by atoms with Gasteiger partial charge in [0.15, 0.2) is 0 Å². The number of halogens is 1. The molecule has 4 N–H and O–H groups in total. The van der Waals surface area contributed by atoms with Crippen molar-refractivity contribution in [2.75, 3.05) is 25.4 Å². The SMILES string of the molecule is Cl.Nc1ccc(C(=O)NCCC2CCCNC2)cc1[N+](=O)[O-]. The largest absolute Gasteiger partial charge is 0.393 e. The van der Waals surface area contributed by atoms with Gasteiger partial charge in [-0.3, -0.25) is 14.9 Å². The molecule has 22 heavy (non-hydrogen) atoms. The molecule has 1 aromatic carbocycles. The number of nitro groups is 1. The summed E-state index contributed by atoms with van der Waals surface area (Å²) >= 11 is 0. The molecule has 1 unspecified atom stereocenters. The van der Waals surface area contributed by atoms with Crippen LogP contribution >= 0.6 is 12.4 Å².